The molecule has 0 amide bonds. The molecule has 0 fully saturated rings. The zero-order valence-electron chi connectivity index (χ0n) is 10.5. The second-order valence-corrected chi connectivity index (χ2v) is 5.11. The van der Waals surface area contributed by atoms with E-state index >= 15 is 0 Å². The summed E-state index contributed by atoms with van der Waals surface area (Å²) in [6.07, 6.45) is 2.12. The van der Waals surface area contributed by atoms with Crippen LogP contribution in [0, 0.1) is 0 Å². The molecule has 88 valence electrons. The predicted molar refractivity (Wildman–Crippen MR) is 60.5 cm³/mol. The first-order valence-corrected chi connectivity index (χ1v) is 5.16. The van der Waals surface area contributed by atoms with Crippen molar-refractivity contribution in [1.29, 1.82) is 0 Å². The molecule has 3 nitrogen and oxygen atoms in total. The maximum absolute atomic E-state index is 11.5. The van der Waals surface area contributed by atoms with Gasteiger partial charge in [-0.15, -0.1) is 0 Å². The van der Waals surface area contributed by atoms with Crippen molar-refractivity contribution < 1.29 is 14.6 Å². The third kappa shape index (κ3) is 6.28. The van der Waals surface area contributed by atoms with Crippen molar-refractivity contribution in [3.05, 3.63) is 11.6 Å². The summed E-state index contributed by atoms with van der Waals surface area (Å²) in [4.78, 5) is 11.5. The van der Waals surface area contributed by atoms with Crippen LogP contribution in [0.4, 0.5) is 0 Å². The van der Waals surface area contributed by atoms with E-state index in [9.17, 15) is 9.90 Å². The fourth-order valence-corrected chi connectivity index (χ4v) is 1.53. The van der Waals surface area contributed by atoms with Crippen molar-refractivity contribution in [3.63, 3.8) is 0 Å². The lowest BCUT2D eigenvalue weighted by Crippen LogP contribution is -2.37. The average molecular weight is 214 g/mol. The summed E-state index contributed by atoms with van der Waals surface area (Å²) in [6.45, 7) is 10.5. The molecule has 0 unspecified atom stereocenters. The highest BCUT2D eigenvalue weighted by atomic mass is 16.6. The lowest BCUT2D eigenvalue weighted by atomic mass is 9.92. The molecule has 15 heavy (non-hydrogen) atoms. The second kappa shape index (κ2) is 4.79. The van der Waals surface area contributed by atoms with Crippen LogP contribution in [0.15, 0.2) is 11.6 Å². The Morgan fingerprint density at radius 3 is 2.13 bits per heavy atom. The molecule has 0 aliphatic rings. The zero-order chi connectivity index (χ0) is 12.3. The number of aliphatic hydroxyl groups is 1. The summed E-state index contributed by atoms with van der Waals surface area (Å²) in [5.74, 6) is -0.327. The van der Waals surface area contributed by atoms with Gasteiger partial charge in [0.25, 0.3) is 0 Å². The number of ether oxygens (including phenoxy) is 1. The molecule has 0 saturated carbocycles. The van der Waals surface area contributed by atoms with Gasteiger partial charge in [-0.2, -0.15) is 0 Å². The second-order valence-electron chi connectivity index (χ2n) is 5.11. The third-order valence-corrected chi connectivity index (χ3v) is 1.98. The summed E-state index contributed by atoms with van der Waals surface area (Å²) < 4.78 is 5.30. The monoisotopic (exact) mass is 214 g/mol. The van der Waals surface area contributed by atoms with Gasteiger partial charge in [-0.05, 0) is 41.5 Å². The van der Waals surface area contributed by atoms with Crippen molar-refractivity contribution in [2.75, 3.05) is 0 Å². The maximum atomic E-state index is 11.5. The number of esters is 1. The van der Waals surface area contributed by atoms with E-state index in [4.69, 9.17) is 4.74 Å². The summed E-state index contributed by atoms with van der Waals surface area (Å²) in [5, 5.41) is 9.66. The molecule has 0 spiro atoms. The van der Waals surface area contributed by atoms with Gasteiger partial charge in [-0.3, -0.25) is 0 Å². The van der Waals surface area contributed by atoms with Crippen molar-refractivity contribution >= 4 is 5.97 Å². The number of hydrogen-bond acceptors (Lipinski definition) is 3. The van der Waals surface area contributed by atoms with Crippen LogP contribution in [-0.4, -0.2) is 22.3 Å². The molecule has 0 aromatic carbocycles. The lowest BCUT2D eigenvalue weighted by Gasteiger charge is -2.31. The normalized spacial score (nSPS) is 13.9. The Balaban J connectivity index is 4.45. The quantitative estimate of drug-likeness (QED) is 0.577. The molecule has 0 heterocycles. The average Bonchev–Trinajstić information content (AvgIpc) is 1.96. The highest BCUT2D eigenvalue weighted by Gasteiger charge is 2.30. The van der Waals surface area contributed by atoms with Gasteiger partial charge in [-0.25, -0.2) is 4.79 Å². The topological polar surface area (TPSA) is 46.5 Å². The van der Waals surface area contributed by atoms with E-state index in [2.05, 4.69) is 0 Å². The van der Waals surface area contributed by atoms with Crippen LogP contribution in [0.25, 0.3) is 0 Å². The van der Waals surface area contributed by atoms with E-state index in [0.717, 1.165) is 0 Å². The minimum Gasteiger partial charge on any atom is -0.456 e. The first kappa shape index (κ1) is 14.2. The molecule has 0 aliphatic carbocycles. The van der Waals surface area contributed by atoms with Crippen molar-refractivity contribution in [2.45, 2.75) is 59.2 Å². The summed E-state index contributed by atoms with van der Waals surface area (Å²) in [5.41, 5.74) is -0.911. The Morgan fingerprint density at radius 2 is 1.80 bits per heavy atom. The standard InChI is InChI=1S/C12H22O3/c1-7-9(2)10(13)15-12(5,6)8-11(3,4)14/h7,14H,8H2,1-6H3. The molecule has 0 aliphatic heterocycles. The van der Waals surface area contributed by atoms with Crippen LogP contribution >= 0.6 is 0 Å². The largest absolute Gasteiger partial charge is 0.456 e. The van der Waals surface area contributed by atoms with Crippen LogP contribution in [-0.2, 0) is 9.53 Å². The van der Waals surface area contributed by atoms with Crippen LogP contribution in [0.3, 0.4) is 0 Å². The molecule has 0 atom stereocenters. The number of hydrogen-bond donors (Lipinski definition) is 1. The molecular weight excluding hydrogens is 192 g/mol. The van der Waals surface area contributed by atoms with E-state index in [0.29, 0.717) is 12.0 Å². The SMILES string of the molecule is CC=C(C)C(=O)OC(C)(C)CC(C)(C)O. The molecule has 0 aromatic heterocycles. The van der Waals surface area contributed by atoms with Gasteiger partial charge < -0.3 is 9.84 Å². The Kier molecular flexibility index (Phi) is 4.53. The van der Waals surface area contributed by atoms with E-state index in [-0.39, 0.29) is 5.97 Å². The fourth-order valence-electron chi connectivity index (χ4n) is 1.53. The minimum atomic E-state index is -0.840. The Labute approximate surface area is 92.1 Å². The molecule has 0 saturated heterocycles. The van der Waals surface area contributed by atoms with Gasteiger partial charge >= 0.3 is 5.97 Å². The molecule has 0 bridgehead atoms. The van der Waals surface area contributed by atoms with E-state index < -0.39 is 11.2 Å². The van der Waals surface area contributed by atoms with Gasteiger partial charge in [0.15, 0.2) is 0 Å². The summed E-state index contributed by atoms with van der Waals surface area (Å²) >= 11 is 0. The third-order valence-electron chi connectivity index (χ3n) is 1.98. The molecule has 0 aromatic rings. The fraction of sp³-hybridized carbons (Fsp3) is 0.750. The van der Waals surface area contributed by atoms with Gasteiger partial charge in [0.05, 0.1) is 5.60 Å². The van der Waals surface area contributed by atoms with Crippen LogP contribution in [0.2, 0.25) is 0 Å². The number of allylic oxidation sites excluding steroid dienone is 1. The molecule has 1 N–H and O–H groups in total. The van der Waals surface area contributed by atoms with Gasteiger partial charge in [0, 0.05) is 12.0 Å². The van der Waals surface area contributed by atoms with Crippen LogP contribution < -0.4 is 0 Å². The minimum absolute atomic E-state index is 0.327. The number of rotatable bonds is 4. The predicted octanol–water partition coefficient (Wildman–Crippen LogP) is 2.44. The number of carbonyl (C=O) groups is 1. The van der Waals surface area contributed by atoms with Crippen LogP contribution in [0.1, 0.15) is 48.0 Å². The molecule has 3 heteroatoms. The summed E-state index contributed by atoms with van der Waals surface area (Å²) in [7, 11) is 0. The molecular formula is C12H22O3. The Bertz CT molecular complexity index is 257. The van der Waals surface area contributed by atoms with E-state index in [1.54, 1.807) is 47.6 Å². The first-order valence-electron chi connectivity index (χ1n) is 5.16. The van der Waals surface area contributed by atoms with Gasteiger partial charge in [0.2, 0.25) is 0 Å². The lowest BCUT2D eigenvalue weighted by molar-refractivity contribution is -0.156. The molecule has 0 radical (unpaired) electrons. The summed E-state index contributed by atoms with van der Waals surface area (Å²) in [6, 6.07) is 0. The van der Waals surface area contributed by atoms with Gasteiger partial charge in [0.1, 0.15) is 5.60 Å². The Morgan fingerprint density at radius 1 is 1.33 bits per heavy atom. The first-order chi connectivity index (χ1) is 6.57. The highest BCUT2D eigenvalue weighted by molar-refractivity contribution is 5.87. The van der Waals surface area contributed by atoms with Gasteiger partial charge in [-0.1, -0.05) is 6.08 Å². The van der Waals surface area contributed by atoms with Crippen molar-refractivity contribution in [1.82, 2.24) is 0 Å². The Hall–Kier alpha value is -0.830. The van der Waals surface area contributed by atoms with E-state index in [1.165, 1.54) is 0 Å². The molecule has 0 rings (SSSR count). The van der Waals surface area contributed by atoms with E-state index in [1.807, 2.05) is 0 Å². The van der Waals surface area contributed by atoms with Crippen LogP contribution in [0.5, 0.6) is 0 Å². The van der Waals surface area contributed by atoms with Crippen molar-refractivity contribution in [3.8, 4) is 0 Å². The number of carbonyl (C=O) groups excluding carboxylic acids is 1. The highest BCUT2D eigenvalue weighted by Crippen LogP contribution is 2.24. The van der Waals surface area contributed by atoms with Crippen molar-refractivity contribution in [2.24, 2.45) is 0 Å². The zero-order valence-corrected chi connectivity index (χ0v) is 10.5. The maximum Gasteiger partial charge on any atom is 0.333 e. The smallest absolute Gasteiger partial charge is 0.333 e.